The highest BCUT2D eigenvalue weighted by atomic mass is 16.3. The lowest BCUT2D eigenvalue weighted by molar-refractivity contribution is -0.0764. The summed E-state index contributed by atoms with van der Waals surface area (Å²) in [4.78, 5) is 0. The first-order chi connectivity index (χ1) is 5.93. The number of nitrogens with two attached hydrogens (primary N) is 1. The Kier molecular flexibility index (Phi) is 4.93. The summed E-state index contributed by atoms with van der Waals surface area (Å²) in [5, 5.41) is 10.5. The molecule has 2 nitrogen and oxygen atoms in total. The van der Waals surface area contributed by atoms with Crippen LogP contribution in [0.5, 0.6) is 0 Å². The van der Waals surface area contributed by atoms with Gasteiger partial charge in [-0.2, -0.15) is 0 Å². The van der Waals surface area contributed by atoms with Crippen LogP contribution in [0.3, 0.4) is 0 Å². The molecular weight excluding hydrogens is 162 g/mol. The Morgan fingerprint density at radius 1 is 1.08 bits per heavy atom. The fourth-order valence-corrected chi connectivity index (χ4v) is 1.82. The molecule has 0 saturated carbocycles. The highest BCUT2D eigenvalue weighted by Gasteiger charge is 2.40. The predicted octanol–water partition coefficient (Wildman–Crippen LogP) is 2.30. The van der Waals surface area contributed by atoms with E-state index in [0.29, 0.717) is 6.54 Å². The second-order valence-electron chi connectivity index (χ2n) is 4.62. The minimum Gasteiger partial charge on any atom is -0.389 e. The monoisotopic (exact) mass is 187 g/mol. The maximum absolute atomic E-state index is 10.5. The van der Waals surface area contributed by atoms with Gasteiger partial charge in [-0.3, -0.25) is 0 Å². The summed E-state index contributed by atoms with van der Waals surface area (Å²) in [6.45, 7) is 8.86. The number of aliphatic hydroxyl groups is 1. The lowest BCUT2D eigenvalue weighted by Gasteiger charge is -2.42. The van der Waals surface area contributed by atoms with E-state index < -0.39 is 5.60 Å². The van der Waals surface area contributed by atoms with Crippen molar-refractivity contribution in [1.29, 1.82) is 0 Å². The molecule has 0 bridgehead atoms. The molecule has 0 unspecified atom stereocenters. The Bertz CT molecular complexity index is 137. The van der Waals surface area contributed by atoms with Gasteiger partial charge in [-0.15, -0.1) is 0 Å². The standard InChI is InChI=1S/C11H25NO/c1-5-7-11(13,8-6-2)10(3,4)9-12/h13H,5-9,12H2,1-4H3. The summed E-state index contributed by atoms with van der Waals surface area (Å²) in [6.07, 6.45) is 3.73. The van der Waals surface area contributed by atoms with Gasteiger partial charge in [0.15, 0.2) is 0 Å². The molecule has 13 heavy (non-hydrogen) atoms. The molecule has 0 aliphatic carbocycles. The molecule has 0 radical (unpaired) electrons. The fourth-order valence-electron chi connectivity index (χ4n) is 1.82. The SMILES string of the molecule is CCCC(O)(CCC)C(C)(C)CN. The average Bonchev–Trinajstić information content (AvgIpc) is 2.05. The van der Waals surface area contributed by atoms with Crippen LogP contribution >= 0.6 is 0 Å². The first-order valence-electron chi connectivity index (χ1n) is 5.36. The van der Waals surface area contributed by atoms with Gasteiger partial charge in [0.2, 0.25) is 0 Å². The van der Waals surface area contributed by atoms with Crippen molar-refractivity contribution in [2.45, 2.75) is 59.0 Å². The molecule has 0 atom stereocenters. The van der Waals surface area contributed by atoms with Crippen LogP contribution in [-0.4, -0.2) is 17.3 Å². The van der Waals surface area contributed by atoms with Crippen LogP contribution in [0.1, 0.15) is 53.4 Å². The molecule has 0 spiro atoms. The summed E-state index contributed by atoms with van der Waals surface area (Å²) >= 11 is 0. The molecule has 0 saturated heterocycles. The molecule has 0 aromatic heterocycles. The van der Waals surface area contributed by atoms with Gasteiger partial charge in [0.1, 0.15) is 0 Å². The Hall–Kier alpha value is -0.0800. The molecular formula is C11H25NO. The largest absolute Gasteiger partial charge is 0.389 e. The van der Waals surface area contributed by atoms with Gasteiger partial charge >= 0.3 is 0 Å². The molecule has 0 rings (SSSR count). The van der Waals surface area contributed by atoms with E-state index in [1.807, 2.05) is 0 Å². The predicted molar refractivity (Wildman–Crippen MR) is 57.6 cm³/mol. The lowest BCUT2D eigenvalue weighted by Crippen LogP contribution is -2.48. The van der Waals surface area contributed by atoms with Gasteiger partial charge in [0, 0.05) is 12.0 Å². The molecule has 3 N–H and O–H groups in total. The second-order valence-corrected chi connectivity index (χ2v) is 4.62. The summed E-state index contributed by atoms with van der Waals surface area (Å²) in [6, 6.07) is 0. The Balaban J connectivity index is 4.55. The molecule has 0 heterocycles. The third-order valence-electron chi connectivity index (χ3n) is 3.10. The van der Waals surface area contributed by atoms with Crippen molar-refractivity contribution >= 4 is 0 Å². The first-order valence-corrected chi connectivity index (χ1v) is 5.36. The van der Waals surface area contributed by atoms with Crippen molar-refractivity contribution < 1.29 is 5.11 Å². The van der Waals surface area contributed by atoms with E-state index in [4.69, 9.17) is 5.73 Å². The van der Waals surface area contributed by atoms with E-state index in [2.05, 4.69) is 27.7 Å². The Labute approximate surface area is 82.5 Å². The van der Waals surface area contributed by atoms with Gasteiger partial charge in [-0.1, -0.05) is 40.5 Å². The maximum Gasteiger partial charge on any atom is 0.0710 e. The van der Waals surface area contributed by atoms with Gasteiger partial charge in [0.05, 0.1) is 5.60 Å². The fraction of sp³-hybridized carbons (Fsp3) is 1.00. The van der Waals surface area contributed by atoms with E-state index >= 15 is 0 Å². The normalized spacial score (nSPS) is 13.4. The third kappa shape index (κ3) is 2.96. The number of rotatable bonds is 6. The van der Waals surface area contributed by atoms with Crippen LogP contribution in [0.4, 0.5) is 0 Å². The molecule has 0 aromatic carbocycles. The lowest BCUT2D eigenvalue weighted by atomic mass is 9.70. The minimum atomic E-state index is -0.578. The zero-order valence-electron chi connectivity index (χ0n) is 9.56. The first kappa shape index (κ1) is 12.9. The van der Waals surface area contributed by atoms with Crippen LogP contribution in [0, 0.1) is 5.41 Å². The zero-order chi connectivity index (χ0) is 10.5. The van der Waals surface area contributed by atoms with Crippen LogP contribution in [-0.2, 0) is 0 Å². The van der Waals surface area contributed by atoms with Gasteiger partial charge in [-0.25, -0.2) is 0 Å². The molecule has 0 aromatic rings. The van der Waals surface area contributed by atoms with Crippen molar-refractivity contribution in [3.63, 3.8) is 0 Å². The zero-order valence-corrected chi connectivity index (χ0v) is 9.56. The molecule has 0 fully saturated rings. The smallest absolute Gasteiger partial charge is 0.0710 e. The van der Waals surface area contributed by atoms with Crippen molar-refractivity contribution in [2.24, 2.45) is 11.1 Å². The van der Waals surface area contributed by atoms with Crippen molar-refractivity contribution in [3.8, 4) is 0 Å². The average molecular weight is 187 g/mol. The van der Waals surface area contributed by atoms with Crippen molar-refractivity contribution in [3.05, 3.63) is 0 Å². The van der Waals surface area contributed by atoms with E-state index in [1.165, 1.54) is 0 Å². The number of hydrogen-bond acceptors (Lipinski definition) is 2. The molecule has 80 valence electrons. The summed E-state index contributed by atoms with van der Waals surface area (Å²) in [5.41, 5.74) is 4.95. The quantitative estimate of drug-likeness (QED) is 0.670. The van der Waals surface area contributed by atoms with Crippen LogP contribution < -0.4 is 5.73 Å². The van der Waals surface area contributed by atoms with Crippen LogP contribution in [0.2, 0.25) is 0 Å². The van der Waals surface area contributed by atoms with Crippen LogP contribution in [0.25, 0.3) is 0 Å². The summed E-state index contributed by atoms with van der Waals surface area (Å²) < 4.78 is 0. The third-order valence-corrected chi connectivity index (χ3v) is 3.10. The second kappa shape index (κ2) is 4.97. The van der Waals surface area contributed by atoms with Crippen molar-refractivity contribution in [2.75, 3.05) is 6.54 Å². The molecule has 0 aliphatic heterocycles. The van der Waals surface area contributed by atoms with Crippen molar-refractivity contribution in [1.82, 2.24) is 0 Å². The van der Waals surface area contributed by atoms with Gasteiger partial charge in [-0.05, 0) is 12.8 Å². The molecule has 0 amide bonds. The van der Waals surface area contributed by atoms with E-state index in [1.54, 1.807) is 0 Å². The summed E-state index contributed by atoms with van der Waals surface area (Å²) in [5.74, 6) is 0. The minimum absolute atomic E-state index is 0.168. The molecule has 0 aliphatic rings. The van der Waals surface area contributed by atoms with E-state index in [-0.39, 0.29) is 5.41 Å². The topological polar surface area (TPSA) is 46.2 Å². The maximum atomic E-state index is 10.5. The van der Waals surface area contributed by atoms with Gasteiger partial charge < -0.3 is 10.8 Å². The Morgan fingerprint density at radius 2 is 1.46 bits per heavy atom. The number of hydrogen-bond donors (Lipinski definition) is 2. The van der Waals surface area contributed by atoms with Crippen LogP contribution in [0.15, 0.2) is 0 Å². The van der Waals surface area contributed by atoms with Gasteiger partial charge in [0.25, 0.3) is 0 Å². The summed E-state index contributed by atoms with van der Waals surface area (Å²) in [7, 11) is 0. The van der Waals surface area contributed by atoms with E-state index in [0.717, 1.165) is 25.7 Å². The highest BCUT2D eigenvalue weighted by Crippen LogP contribution is 2.37. The molecule has 2 heteroatoms. The Morgan fingerprint density at radius 3 is 1.69 bits per heavy atom. The highest BCUT2D eigenvalue weighted by molar-refractivity contribution is 4.93. The van der Waals surface area contributed by atoms with E-state index in [9.17, 15) is 5.11 Å².